The Kier molecular flexibility index (Phi) is 4.77. The Balaban J connectivity index is 1.83. The van der Waals surface area contributed by atoms with Crippen molar-refractivity contribution in [3.8, 4) is 0 Å². The molecule has 0 heterocycles. The Morgan fingerprint density at radius 1 is 0.778 bits per heavy atom. The topological polar surface area (TPSA) is 17.1 Å². The lowest BCUT2D eigenvalue weighted by atomic mass is 9.64. The van der Waals surface area contributed by atoms with Crippen LogP contribution in [0.2, 0.25) is 0 Å². The molecule has 1 atom stereocenters. The van der Waals surface area contributed by atoms with E-state index >= 15 is 0 Å². The number of hydrogen-bond acceptors (Lipinski definition) is 1. The zero-order valence-electron chi connectivity index (χ0n) is 15.6. The zero-order chi connectivity index (χ0) is 18.7. The molecule has 134 valence electrons. The van der Waals surface area contributed by atoms with Crippen LogP contribution in [0.3, 0.4) is 0 Å². The number of allylic oxidation sites excluding steroid dienone is 1. The summed E-state index contributed by atoms with van der Waals surface area (Å²) in [6.45, 7) is 1.76. The molecule has 0 amide bonds. The van der Waals surface area contributed by atoms with Gasteiger partial charge in [-0.05, 0) is 42.0 Å². The molecule has 0 saturated heterocycles. The monoisotopic (exact) mass is 352 g/mol. The second kappa shape index (κ2) is 7.36. The summed E-state index contributed by atoms with van der Waals surface area (Å²) >= 11 is 0. The van der Waals surface area contributed by atoms with Crippen LogP contribution in [0.25, 0.3) is 6.08 Å². The van der Waals surface area contributed by atoms with Crippen molar-refractivity contribution in [2.45, 2.75) is 25.7 Å². The van der Waals surface area contributed by atoms with Crippen molar-refractivity contribution in [3.63, 3.8) is 0 Å². The first-order valence-electron chi connectivity index (χ1n) is 9.55. The van der Waals surface area contributed by atoms with Crippen LogP contribution in [-0.2, 0) is 17.6 Å². The Bertz CT molecular complexity index is 912. The summed E-state index contributed by atoms with van der Waals surface area (Å²) in [7, 11) is 0. The molecule has 1 aliphatic carbocycles. The van der Waals surface area contributed by atoms with E-state index in [1.807, 2.05) is 12.1 Å². The molecule has 0 spiro atoms. The number of carbonyl (C=O) groups is 1. The summed E-state index contributed by atoms with van der Waals surface area (Å²) in [6.07, 6.45) is 5.88. The molecule has 0 aromatic heterocycles. The second-order valence-corrected chi connectivity index (χ2v) is 7.50. The van der Waals surface area contributed by atoms with Crippen molar-refractivity contribution in [1.82, 2.24) is 0 Å². The van der Waals surface area contributed by atoms with Gasteiger partial charge in [-0.3, -0.25) is 4.79 Å². The van der Waals surface area contributed by atoms with Gasteiger partial charge in [0.05, 0.1) is 0 Å². The molecule has 0 bridgehead atoms. The lowest BCUT2D eigenvalue weighted by Gasteiger charge is -2.37. The highest BCUT2D eigenvalue weighted by Crippen LogP contribution is 2.47. The van der Waals surface area contributed by atoms with Gasteiger partial charge in [-0.25, -0.2) is 0 Å². The van der Waals surface area contributed by atoms with Crippen molar-refractivity contribution in [1.29, 1.82) is 0 Å². The largest absolute Gasteiger partial charge is 0.299 e. The molecule has 4 rings (SSSR count). The third-order valence-electron chi connectivity index (χ3n) is 5.82. The van der Waals surface area contributed by atoms with Crippen LogP contribution in [0.1, 0.15) is 35.1 Å². The number of fused-ring (bicyclic) bond motifs is 1. The average Bonchev–Trinajstić information content (AvgIpc) is 3.13. The minimum absolute atomic E-state index is 0.0895. The molecule has 0 radical (unpaired) electrons. The van der Waals surface area contributed by atoms with Crippen LogP contribution in [0.15, 0.2) is 91.0 Å². The molecule has 1 nitrogen and oxygen atoms in total. The van der Waals surface area contributed by atoms with Crippen molar-refractivity contribution in [3.05, 3.63) is 113 Å². The molecule has 1 unspecified atom stereocenters. The minimum Gasteiger partial charge on any atom is -0.299 e. The van der Waals surface area contributed by atoms with Crippen LogP contribution < -0.4 is 0 Å². The fourth-order valence-corrected chi connectivity index (χ4v) is 4.40. The van der Waals surface area contributed by atoms with Gasteiger partial charge >= 0.3 is 0 Å². The summed E-state index contributed by atoms with van der Waals surface area (Å²) in [6, 6.07) is 29.3. The first kappa shape index (κ1) is 17.5. The Morgan fingerprint density at radius 2 is 1.30 bits per heavy atom. The highest BCUT2D eigenvalue weighted by Gasteiger charge is 2.44. The van der Waals surface area contributed by atoms with E-state index in [0.29, 0.717) is 0 Å². The summed E-state index contributed by atoms with van der Waals surface area (Å²) in [5.41, 5.74) is 4.42. The molecule has 3 aromatic rings. The van der Waals surface area contributed by atoms with Crippen LogP contribution in [0.5, 0.6) is 0 Å². The highest BCUT2D eigenvalue weighted by molar-refractivity contribution is 5.86. The van der Waals surface area contributed by atoms with Crippen molar-refractivity contribution < 1.29 is 4.79 Å². The summed E-state index contributed by atoms with van der Waals surface area (Å²) in [5.74, 6) is 0.341. The van der Waals surface area contributed by atoms with Crippen LogP contribution in [0.4, 0.5) is 0 Å². The van der Waals surface area contributed by atoms with Gasteiger partial charge in [0.1, 0.15) is 5.78 Å². The van der Waals surface area contributed by atoms with Gasteiger partial charge in [0.25, 0.3) is 0 Å². The maximum absolute atomic E-state index is 13.2. The quantitative estimate of drug-likeness (QED) is 0.543. The molecular weight excluding hydrogens is 328 g/mol. The first-order valence-corrected chi connectivity index (χ1v) is 9.55. The van der Waals surface area contributed by atoms with Crippen molar-refractivity contribution >= 4 is 11.9 Å². The molecule has 27 heavy (non-hydrogen) atoms. The molecule has 3 aromatic carbocycles. The Labute approximate surface area is 161 Å². The fraction of sp³-hybridized carbons (Fsp3) is 0.192. The summed E-state index contributed by atoms with van der Waals surface area (Å²) in [4.78, 5) is 13.2. The van der Waals surface area contributed by atoms with Crippen LogP contribution in [0, 0.1) is 5.41 Å². The van der Waals surface area contributed by atoms with Gasteiger partial charge in [-0.1, -0.05) is 97.1 Å². The van der Waals surface area contributed by atoms with E-state index in [2.05, 4.69) is 84.9 Å². The maximum Gasteiger partial charge on any atom is 0.137 e. The Morgan fingerprint density at radius 3 is 1.85 bits per heavy atom. The van der Waals surface area contributed by atoms with Gasteiger partial charge < -0.3 is 0 Å². The molecular formula is C26H24O. The number of rotatable bonds is 6. The number of carbonyl (C=O) groups excluding carboxylic acids is 1. The number of benzene rings is 3. The number of Topliss-reactive ketones (excluding diaryl/α,β-unsaturated/α-hetero) is 1. The SMILES string of the molecule is CC(=O)C(Cc1ccccc1)(Cc1ccccc1)C1C=Cc2ccccc21. The van der Waals surface area contributed by atoms with E-state index < -0.39 is 5.41 Å². The van der Waals surface area contributed by atoms with Crippen molar-refractivity contribution in [2.75, 3.05) is 0 Å². The first-order chi connectivity index (χ1) is 13.2. The fourth-order valence-electron chi connectivity index (χ4n) is 4.40. The molecule has 0 N–H and O–H groups in total. The maximum atomic E-state index is 13.2. The van der Waals surface area contributed by atoms with Gasteiger partial charge in [0.2, 0.25) is 0 Å². The predicted octanol–water partition coefficient (Wildman–Crippen LogP) is 5.86. The number of ketones is 1. The third-order valence-corrected chi connectivity index (χ3v) is 5.82. The lowest BCUT2D eigenvalue weighted by Crippen LogP contribution is -2.39. The van der Waals surface area contributed by atoms with Gasteiger partial charge in [0.15, 0.2) is 0 Å². The average molecular weight is 352 g/mol. The van der Waals surface area contributed by atoms with Crippen LogP contribution in [-0.4, -0.2) is 5.78 Å². The van der Waals surface area contributed by atoms with Gasteiger partial charge in [-0.15, -0.1) is 0 Å². The van der Waals surface area contributed by atoms with Crippen LogP contribution >= 0.6 is 0 Å². The zero-order valence-corrected chi connectivity index (χ0v) is 15.6. The molecule has 1 heteroatoms. The summed E-state index contributed by atoms with van der Waals surface area (Å²) < 4.78 is 0. The predicted molar refractivity (Wildman–Crippen MR) is 112 cm³/mol. The molecule has 0 fully saturated rings. The minimum atomic E-state index is -0.494. The van der Waals surface area contributed by atoms with E-state index in [1.165, 1.54) is 22.3 Å². The number of hydrogen-bond donors (Lipinski definition) is 0. The standard InChI is InChI=1S/C26H24O/c1-20(27)26(18-21-10-4-2-5-11-21,19-22-12-6-3-7-13-22)25-17-16-23-14-8-9-15-24(23)25/h2-17,25H,18-19H2,1H3. The van der Waals surface area contributed by atoms with E-state index in [4.69, 9.17) is 0 Å². The third kappa shape index (κ3) is 3.38. The van der Waals surface area contributed by atoms with E-state index in [-0.39, 0.29) is 11.7 Å². The van der Waals surface area contributed by atoms with E-state index in [1.54, 1.807) is 6.92 Å². The molecule has 0 aliphatic heterocycles. The Hall–Kier alpha value is -2.93. The molecule has 1 aliphatic rings. The van der Waals surface area contributed by atoms with Gasteiger partial charge in [-0.2, -0.15) is 0 Å². The highest BCUT2D eigenvalue weighted by atomic mass is 16.1. The second-order valence-electron chi connectivity index (χ2n) is 7.50. The van der Waals surface area contributed by atoms with E-state index in [9.17, 15) is 4.79 Å². The van der Waals surface area contributed by atoms with Crippen molar-refractivity contribution in [2.24, 2.45) is 5.41 Å². The molecule has 0 saturated carbocycles. The normalized spacial score (nSPS) is 15.5. The van der Waals surface area contributed by atoms with E-state index in [0.717, 1.165) is 12.8 Å². The summed E-state index contributed by atoms with van der Waals surface area (Å²) in [5, 5.41) is 0. The smallest absolute Gasteiger partial charge is 0.137 e. The van der Waals surface area contributed by atoms with Gasteiger partial charge in [0, 0.05) is 11.3 Å². The lowest BCUT2D eigenvalue weighted by molar-refractivity contribution is -0.127.